The standard InChI is InChI=1S/C15H21BrN2O/c1-10(11-5-7-12(16)8-6-11)18-14(19)15(2)9-3-4-13(15)17/h5-8,10,13H,3-4,9,17H2,1-2H3,(H,18,19). The third-order valence-electron chi connectivity index (χ3n) is 4.27. The number of carbonyl (C=O) groups excluding carboxylic acids is 1. The van der Waals surface area contributed by atoms with Gasteiger partial charge in [-0.2, -0.15) is 0 Å². The van der Waals surface area contributed by atoms with Gasteiger partial charge in [-0.05, 0) is 44.4 Å². The van der Waals surface area contributed by atoms with Gasteiger partial charge in [-0.25, -0.2) is 0 Å². The predicted octanol–water partition coefficient (Wildman–Crippen LogP) is 3.14. The summed E-state index contributed by atoms with van der Waals surface area (Å²) < 4.78 is 1.04. The number of carbonyl (C=O) groups is 1. The highest BCUT2D eigenvalue weighted by atomic mass is 79.9. The number of nitrogens with one attached hydrogen (secondary N) is 1. The van der Waals surface area contributed by atoms with Crippen LogP contribution in [0.5, 0.6) is 0 Å². The minimum atomic E-state index is -0.413. The number of hydrogen-bond acceptors (Lipinski definition) is 2. The lowest BCUT2D eigenvalue weighted by atomic mass is 9.84. The molecule has 1 aromatic carbocycles. The van der Waals surface area contributed by atoms with E-state index in [1.165, 1.54) is 0 Å². The van der Waals surface area contributed by atoms with E-state index in [1.807, 2.05) is 38.1 Å². The average molecular weight is 325 g/mol. The van der Waals surface area contributed by atoms with Gasteiger partial charge in [-0.3, -0.25) is 4.79 Å². The molecule has 3 unspecified atom stereocenters. The lowest BCUT2D eigenvalue weighted by Crippen LogP contribution is -2.47. The van der Waals surface area contributed by atoms with Crippen molar-refractivity contribution in [1.82, 2.24) is 5.32 Å². The quantitative estimate of drug-likeness (QED) is 0.897. The Bertz CT molecular complexity index is 460. The van der Waals surface area contributed by atoms with Gasteiger partial charge in [-0.1, -0.05) is 34.5 Å². The third kappa shape index (κ3) is 3.00. The summed E-state index contributed by atoms with van der Waals surface area (Å²) in [5.74, 6) is 0.0768. The molecule has 3 N–H and O–H groups in total. The van der Waals surface area contributed by atoms with Crippen LogP contribution in [0.2, 0.25) is 0 Å². The summed E-state index contributed by atoms with van der Waals surface area (Å²) in [7, 11) is 0. The van der Waals surface area contributed by atoms with Crippen LogP contribution in [-0.4, -0.2) is 11.9 Å². The predicted molar refractivity (Wildman–Crippen MR) is 80.6 cm³/mol. The molecule has 1 amide bonds. The molecule has 3 atom stereocenters. The highest BCUT2D eigenvalue weighted by molar-refractivity contribution is 9.10. The lowest BCUT2D eigenvalue weighted by molar-refractivity contribution is -0.131. The summed E-state index contributed by atoms with van der Waals surface area (Å²) in [6.45, 7) is 3.99. The van der Waals surface area contributed by atoms with E-state index >= 15 is 0 Å². The van der Waals surface area contributed by atoms with Gasteiger partial charge in [0, 0.05) is 10.5 Å². The van der Waals surface area contributed by atoms with E-state index in [1.54, 1.807) is 0 Å². The summed E-state index contributed by atoms with van der Waals surface area (Å²) in [5.41, 5.74) is 6.77. The summed E-state index contributed by atoms with van der Waals surface area (Å²) in [6.07, 6.45) is 2.86. The van der Waals surface area contributed by atoms with Crippen molar-refractivity contribution in [3.8, 4) is 0 Å². The van der Waals surface area contributed by atoms with Crippen LogP contribution in [-0.2, 0) is 4.79 Å². The van der Waals surface area contributed by atoms with Crippen LogP contribution in [0.1, 0.15) is 44.7 Å². The van der Waals surface area contributed by atoms with Gasteiger partial charge in [0.1, 0.15) is 0 Å². The zero-order chi connectivity index (χ0) is 14.0. The number of amides is 1. The molecule has 4 heteroatoms. The number of nitrogens with two attached hydrogens (primary N) is 1. The van der Waals surface area contributed by atoms with E-state index in [0.29, 0.717) is 0 Å². The van der Waals surface area contributed by atoms with Crippen molar-refractivity contribution in [3.05, 3.63) is 34.3 Å². The SMILES string of the molecule is CC(NC(=O)C1(C)CCCC1N)c1ccc(Br)cc1. The Labute approximate surface area is 123 Å². The van der Waals surface area contributed by atoms with Crippen molar-refractivity contribution in [2.45, 2.75) is 45.2 Å². The average Bonchev–Trinajstić information content (AvgIpc) is 2.71. The molecular weight excluding hydrogens is 304 g/mol. The molecule has 104 valence electrons. The van der Waals surface area contributed by atoms with Gasteiger partial charge >= 0.3 is 0 Å². The van der Waals surface area contributed by atoms with E-state index in [-0.39, 0.29) is 18.0 Å². The first kappa shape index (κ1) is 14.5. The van der Waals surface area contributed by atoms with Crippen LogP contribution in [0.15, 0.2) is 28.7 Å². The number of halogens is 1. The second-order valence-electron chi connectivity index (χ2n) is 5.66. The molecule has 1 aliphatic carbocycles. The summed E-state index contributed by atoms with van der Waals surface area (Å²) >= 11 is 3.41. The first-order chi connectivity index (χ1) is 8.93. The Morgan fingerprint density at radius 3 is 2.63 bits per heavy atom. The number of rotatable bonds is 3. The smallest absolute Gasteiger partial charge is 0.227 e. The van der Waals surface area contributed by atoms with Crippen molar-refractivity contribution < 1.29 is 4.79 Å². The fourth-order valence-corrected chi connectivity index (χ4v) is 2.94. The van der Waals surface area contributed by atoms with E-state index in [0.717, 1.165) is 29.3 Å². The van der Waals surface area contributed by atoms with Crippen LogP contribution in [0.4, 0.5) is 0 Å². The molecule has 0 radical (unpaired) electrons. The minimum absolute atomic E-state index is 0.00484. The summed E-state index contributed by atoms with van der Waals surface area (Å²) in [4.78, 5) is 12.4. The highest BCUT2D eigenvalue weighted by Gasteiger charge is 2.43. The Morgan fingerprint density at radius 1 is 1.47 bits per heavy atom. The second-order valence-corrected chi connectivity index (χ2v) is 6.58. The molecule has 0 spiro atoms. The Kier molecular flexibility index (Phi) is 4.31. The van der Waals surface area contributed by atoms with Gasteiger partial charge in [0.2, 0.25) is 5.91 Å². The maximum atomic E-state index is 12.4. The number of benzene rings is 1. The maximum Gasteiger partial charge on any atom is 0.227 e. The zero-order valence-corrected chi connectivity index (χ0v) is 13.0. The van der Waals surface area contributed by atoms with Crippen LogP contribution in [0.25, 0.3) is 0 Å². The van der Waals surface area contributed by atoms with Crippen molar-refractivity contribution in [3.63, 3.8) is 0 Å². The molecule has 0 saturated heterocycles. The van der Waals surface area contributed by atoms with Gasteiger partial charge in [0.25, 0.3) is 0 Å². The molecule has 0 aliphatic heterocycles. The molecule has 19 heavy (non-hydrogen) atoms. The van der Waals surface area contributed by atoms with E-state index in [2.05, 4.69) is 21.2 Å². The van der Waals surface area contributed by atoms with Crippen LogP contribution in [0, 0.1) is 5.41 Å². The molecule has 1 fully saturated rings. The van der Waals surface area contributed by atoms with Crippen molar-refractivity contribution in [2.24, 2.45) is 11.1 Å². The topological polar surface area (TPSA) is 55.1 Å². The molecule has 1 aliphatic rings. The molecule has 2 rings (SSSR count). The first-order valence-electron chi connectivity index (χ1n) is 6.75. The Morgan fingerprint density at radius 2 is 2.11 bits per heavy atom. The monoisotopic (exact) mass is 324 g/mol. The molecule has 3 nitrogen and oxygen atoms in total. The Balaban J connectivity index is 2.04. The zero-order valence-electron chi connectivity index (χ0n) is 11.4. The molecule has 1 saturated carbocycles. The van der Waals surface area contributed by atoms with Crippen LogP contribution < -0.4 is 11.1 Å². The van der Waals surface area contributed by atoms with Gasteiger partial charge < -0.3 is 11.1 Å². The first-order valence-corrected chi connectivity index (χ1v) is 7.55. The third-order valence-corrected chi connectivity index (χ3v) is 4.79. The Hall–Kier alpha value is -0.870. The molecule has 1 aromatic rings. The van der Waals surface area contributed by atoms with Crippen molar-refractivity contribution in [2.75, 3.05) is 0 Å². The van der Waals surface area contributed by atoms with Gasteiger partial charge in [-0.15, -0.1) is 0 Å². The largest absolute Gasteiger partial charge is 0.349 e. The van der Waals surface area contributed by atoms with Crippen LogP contribution >= 0.6 is 15.9 Å². The minimum Gasteiger partial charge on any atom is -0.349 e. The highest BCUT2D eigenvalue weighted by Crippen LogP contribution is 2.37. The van der Waals surface area contributed by atoms with Gasteiger partial charge in [0.05, 0.1) is 11.5 Å². The summed E-state index contributed by atoms with van der Waals surface area (Å²) in [6, 6.07) is 8.00. The molecule has 0 aromatic heterocycles. The second kappa shape index (κ2) is 5.63. The van der Waals surface area contributed by atoms with E-state index in [4.69, 9.17) is 5.73 Å². The van der Waals surface area contributed by atoms with Gasteiger partial charge in [0.15, 0.2) is 0 Å². The summed E-state index contributed by atoms with van der Waals surface area (Å²) in [5, 5.41) is 3.09. The van der Waals surface area contributed by atoms with Crippen molar-refractivity contribution in [1.29, 1.82) is 0 Å². The van der Waals surface area contributed by atoms with Crippen LogP contribution in [0.3, 0.4) is 0 Å². The van der Waals surface area contributed by atoms with E-state index in [9.17, 15) is 4.79 Å². The fourth-order valence-electron chi connectivity index (χ4n) is 2.67. The van der Waals surface area contributed by atoms with E-state index < -0.39 is 5.41 Å². The van der Waals surface area contributed by atoms with Crippen molar-refractivity contribution >= 4 is 21.8 Å². The lowest BCUT2D eigenvalue weighted by Gasteiger charge is -2.29. The fraction of sp³-hybridized carbons (Fsp3) is 0.533. The molecular formula is C15H21BrN2O. The molecule has 0 bridgehead atoms. The number of hydrogen-bond donors (Lipinski definition) is 2. The molecule has 0 heterocycles. The normalized spacial score (nSPS) is 28.1. The maximum absolute atomic E-state index is 12.4.